The van der Waals surface area contributed by atoms with Crippen molar-refractivity contribution in [3.05, 3.63) is 17.5 Å². The number of hydrogen-bond donors (Lipinski definition) is 1. The van der Waals surface area contributed by atoms with Crippen LogP contribution in [-0.4, -0.2) is 36.1 Å². The molecule has 0 radical (unpaired) electrons. The first kappa shape index (κ1) is 11.0. The number of aromatic nitrogens is 2. The first-order valence-electron chi connectivity index (χ1n) is 6.45. The van der Waals surface area contributed by atoms with Crippen LogP contribution in [0.25, 0.3) is 0 Å². The van der Waals surface area contributed by atoms with Gasteiger partial charge < -0.3 is 10.2 Å². The smallest absolute Gasteiger partial charge is 0.225 e. The first-order chi connectivity index (χ1) is 8.17. The van der Waals surface area contributed by atoms with Crippen LogP contribution in [0.1, 0.15) is 24.2 Å². The third-order valence-corrected chi connectivity index (χ3v) is 4.02. The van der Waals surface area contributed by atoms with Crippen LogP contribution >= 0.6 is 0 Å². The number of anilines is 1. The summed E-state index contributed by atoms with van der Waals surface area (Å²) in [7, 11) is 0. The monoisotopic (exact) mass is 232 g/mol. The molecule has 17 heavy (non-hydrogen) atoms. The zero-order valence-corrected chi connectivity index (χ0v) is 10.7. The number of hydrogen-bond acceptors (Lipinski definition) is 4. The Morgan fingerprint density at radius 2 is 2.00 bits per heavy atom. The maximum atomic E-state index is 4.56. The normalized spacial score (nSPS) is 28.2. The Bertz CT molecular complexity index is 403. The van der Waals surface area contributed by atoms with E-state index in [9.17, 15) is 0 Å². The maximum Gasteiger partial charge on any atom is 0.225 e. The largest absolute Gasteiger partial charge is 0.340 e. The lowest BCUT2D eigenvalue weighted by Crippen LogP contribution is -2.30. The fraction of sp³-hybridized carbons (Fsp3) is 0.692. The average Bonchev–Trinajstić information content (AvgIpc) is 2.88. The summed E-state index contributed by atoms with van der Waals surface area (Å²) in [6, 6.07) is 2.03. The highest BCUT2D eigenvalue weighted by molar-refractivity contribution is 5.35. The van der Waals surface area contributed by atoms with Gasteiger partial charge in [-0.15, -0.1) is 0 Å². The van der Waals surface area contributed by atoms with Crippen LogP contribution in [0.4, 0.5) is 5.95 Å². The van der Waals surface area contributed by atoms with Crippen molar-refractivity contribution in [3.63, 3.8) is 0 Å². The average molecular weight is 232 g/mol. The van der Waals surface area contributed by atoms with Crippen LogP contribution in [0.3, 0.4) is 0 Å². The lowest BCUT2D eigenvalue weighted by molar-refractivity contribution is 0.369. The Morgan fingerprint density at radius 1 is 1.24 bits per heavy atom. The number of nitrogens with zero attached hydrogens (tertiary/aromatic N) is 3. The second kappa shape index (κ2) is 3.95. The molecule has 0 bridgehead atoms. The summed E-state index contributed by atoms with van der Waals surface area (Å²) in [4.78, 5) is 11.5. The second-order valence-electron chi connectivity index (χ2n) is 5.55. The molecule has 4 nitrogen and oxygen atoms in total. The summed E-state index contributed by atoms with van der Waals surface area (Å²) in [6.45, 7) is 8.63. The van der Waals surface area contributed by atoms with E-state index in [2.05, 4.69) is 20.2 Å². The zero-order chi connectivity index (χ0) is 11.9. The lowest BCUT2D eigenvalue weighted by Gasteiger charge is -2.23. The van der Waals surface area contributed by atoms with E-state index in [-0.39, 0.29) is 0 Å². The van der Waals surface area contributed by atoms with Crippen molar-refractivity contribution in [1.82, 2.24) is 15.3 Å². The zero-order valence-electron chi connectivity index (χ0n) is 10.7. The van der Waals surface area contributed by atoms with Gasteiger partial charge in [-0.2, -0.15) is 0 Å². The highest BCUT2D eigenvalue weighted by atomic mass is 15.3. The van der Waals surface area contributed by atoms with E-state index >= 15 is 0 Å². The van der Waals surface area contributed by atoms with Crippen molar-refractivity contribution in [3.8, 4) is 0 Å². The lowest BCUT2D eigenvalue weighted by atomic mass is 9.87. The predicted molar refractivity (Wildman–Crippen MR) is 68.3 cm³/mol. The van der Waals surface area contributed by atoms with Crippen molar-refractivity contribution in [1.29, 1.82) is 0 Å². The topological polar surface area (TPSA) is 41.1 Å². The van der Waals surface area contributed by atoms with Gasteiger partial charge >= 0.3 is 0 Å². The molecule has 1 aromatic heterocycles. The van der Waals surface area contributed by atoms with Gasteiger partial charge in [-0.3, -0.25) is 0 Å². The molecule has 4 heteroatoms. The van der Waals surface area contributed by atoms with Crippen LogP contribution in [-0.2, 0) is 0 Å². The number of nitrogens with one attached hydrogen (secondary N) is 1. The van der Waals surface area contributed by atoms with Gasteiger partial charge in [-0.1, -0.05) is 0 Å². The Kier molecular flexibility index (Phi) is 2.54. The fourth-order valence-electron chi connectivity index (χ4n) is 3.10. The maximum absolute atomic E-state index is 4.56. The third-order valence-electron chi connectivity index (χ3n) is 4.02. The quantitative estimate of drug-likeness (QED) is 0.792. The molecule has 3 rings (SSSR count). The van der Waals surface area contributed by atoms with Gasteiger partial charge in [0, 0.05) is 36.4 Å². The van der Waals surface area contributed by atoms with Crippen molar-refractivity contribution in [2.24, 2.45) is 5.41 Å². The van der Waals surface area contributed by atoms with Gasteiger partial charge in [0.25, 0.3) is 0 Å². The molecule has 1 N–H and O–H groups in total. The summed E-state index contributed by atoms with van der Waals surface area (Å²) >= 11 is 0. The minimum Gasteiger partial charge on any atom is -0.340 e. The second-order valence-corrected chi connectivity index (χ2v) is 5.55. The molecule has 1 aromatic rings. The predicted octanol–water partition coefficient (Wildman–Crippen LogP) is 1.28. The summed E-state index contributed by atoms with van der Waals surface area (Å²) in [5.41, 5.74) is 2.62. The molecule has 2 saturated heterocycles. The Balaban J connectivity index is 1.81. The summed E-state index contributed by atoms with van der Waals surface area (Å²) in [5, 5.41) is 3.48. The summed E-state index contributed by atoms with van der Waals surface area (Å²) < 4.78 is 0. The van der Waals surface area contributed by atoms with Crippen molar-refractivity contribution in [2.45, 2.75) is 26.7 Å². The molecule has 1 unspecified atom stereocenters. The van der Waals surface area contributed by atoms with Gasteiger partial charge in [0.1, 0.15) is 0 Å². The minimum atomic E-state index is 0.487. The summed E-state index contributed by atoms with van der Waals surface area (Å²) in [6.07, 6.45) is 2.57. The van der Waals surface area contributed by atoms with E-state index < -0.39 is 0 Å². The third kappa shape index (κ3) is 2.02. The van der Waals surface area contributed by atoms with Crippen LogP contribution in [0.15, 0.2) is 6.07 Å². The van der Waals surface area contributed by atoms with Crippen molar-refractivity contribution in [2.75, 3.05) is 31.1 Å². The molecular weight excluding hydrogens is 212 g/mol. The molecule has 2 fully saturated rings. The Hall–Kier alpha value is -1.16. The Labute approximate surface area is 102 Å². The van der Waals surface area contributed by atoms with Gasteiger partial charge in [0.05, 0.1) is 0 Å². The van der Waals surface area contributed by atoms with Gasteiger partial charge in [-0.05, 0) is 39.3 Å². The number of aryl methyl sites for hydroxylation is 2. The standard InChI is InChI=1S/C13H20N4/c1-10-7-11(2)16-12(15-10)17-6-4-13(9-17)3-5-14-8-13/h7,14H,3-6,8-9H2,1-2H3. The van der Waals surface area contributed by atoms with E-state index in [1.54, 1.807) is 0 Å². The van der Waals surface area contributed by atoms with Gasteiger partial charge in [-0.25, -0.2) is 9.97 Å². The van der Waals surface area contributed by atoms with E-state index in [0.717, 1.165) is 37.0 Å². The van der Waals surface area contributed by atoms with Gasteiger partial charge in [0.2, 0.25) is 5.95 Å². The van der Waals surface area contributed by atoms with Crippen LogP contribution < -0.4 is 10.2 Å². The highest BCUT2D eigenvalue weighted by Gasteiger charge is 2.41. The molecule has 0 aromatic carbocycles. The van der Waals surface area contributed by atoms with E-state index in [4.69, 9.17) is 0 Å². The van der Waals surface area contributed by atoms with Gasteiger partial charge in [0.15, 0.2) is 0 Å². The fourth-order valence-corrected chi connectivity index (χ4v) is 3.10. The van der Waals surface area contributed by atoms with E-state index in [1.807, 2.05) is 19.9 Å². The molecule has 2 aliphatic heterocycles. The molecule has 1 atom stereocenters. The van der Waals surface area contributed by atoms with E-state index in [0.29, 0.717) is 5.41 Å². The SMILES string of the molecule is Cc1cc(C)nc(N2CCC3(CCNC3)C2)n1. The molecular formula is C13H20N4. The molecule has 3 heterocycles. The molecule has 1 spiro atoms. The minimum absolute atomic E-state index is 0.487. The molecule has 0 aliphatic carbocycles. The van der Waals surface area contributed by atoms with Crippen LogP contribution in [0.5, 0.6) is 0 Å². The van der Waals surface area contributed by atoms with Crippen molar-refractivity contribution < 1.29 is 0 Å². The van der Waals surface area contributed by atoms with Crippen LogP contribution in [0.2, 0.25) is 0 Å². The molecule has 92 valence electrons. The van der Waals surface area contributed by atoms with Crippen molar-refractivity contribution >= 4 is 5.95 Å². The molecule has 0 saturated carbocycles. The Morgan fingerprint density at radius 3 is 2.65 bits per heavy atom. The van der Waals surface area contributed by atoms with Crippen LogP contribution in [0, 0.1) is 19.3 Å². The highest BCUT2D eigenvalue weighted by Crippen LogP contribution is 2.37. The molecule has 0 amide bonds. The number of rotatable bonds is 1. The summed E-state index contributed by atoms with van der Waals surface area (Å²) in [5.74, 6) is 0.922. The molecule has 2 aliphatic rings. The van der Waals surface area contributed by atoms with E-state index in [1.165, 1.54) is 19.4 Å². The first-order valence-corrected chi connectivity index (χ1v) is 6.45.